The van der Waals surface area contributed by atoms with Gasteiger partial charge in [0.15, 0.2) is 5.00 Å². The molecule has 0 N–H and O–H groups in total. The average molecular weight is 304 g/mol. The smallest absolute Gasteiger partial charge is 0.259 e. The lowest BCUT2D eigenvalue weighted by molar-refractivity contribution is 0.0728. The van der Waals surface area contributed by atoms with Crippen molar-refractivity contribution in [3.63, 3.8) is 0 Å². The lowest BCUT2D eigenvalue weighted by Crippen LogP contribution is -2.42. The largest absolute Gasteiger partial charge is 0.290 e. The molecule has 4 heteroatoms. The van der Waals surface area contributed by atoms with Crippen molar-refractivity contribution in [2.45, 2.75) is 11.9 Å². The van der Waals surface area contributed by atoms with Crippen LogP contribution in [0.2, 0.25) is 0 Å². The minimum atomic E-state index is -0.818. The van der Waals surface area contributed by atoms with E-state index in [1.807, 2.05) is 60.8 Å². The molecule has 20 heavy (non-hydrogen) atoms. The number of carbonyl (C=O) groups is 1. The number of rotatable bonds is 2. The number of amides is 1. The lowest BCUT2D eigenvalue weighted by atomic mass is 10.0. The van der Waals surface area contributed by atoms with Crippen LogP contribution < -0.4 is 0 Å². The van der Waals surface area contributed by atoms with Gasteiger partial charge in [0.25, 0.3) is 5.91 Å². The van der Waals surface area contributed by atoms with Gasteiger partial charge in [-0.2, -0.15) is 0 Å². The second-order valence-electron chi connectivity index (χ2n) is 4.82. The molecule has 0 radical (unpaired) electrons. The first-order valence-electron chi connectivity index (χ1n) is 6.44. The van der Waals surface area contributed by atoms with Crippen LogP contribution in [0, 0.1) is 5.92 Å². The maximum absolute atomic E-state index is 12.7. The fourth-order valence-electron chi connectivity index (χ4n) is 2.43. The van der Waals surface area contributed by atoms with Gasteiger partial charge in [-0.1, -0.05) is 48.9 Å². The quantitative estimate of drug-likeness (QED) is 0.593. The van der Waals surface area contributed by atoms with E-state index in [0.29, 0.717) is 5.56 Å². The number of carbonyl (C=O) groups excluding carboxylic acids is 1. The molecule has 3 rings (SSSR count). The van der Waals surface area contributed by atoms with Gasteiger partial charge >= 0.3 is 0 Å². The molecule has 0 saturated carbocycles. The fraction of sp³-hybridized carbons (Fsp3) is 0.188. The van der Waals surface area contributed by atoms with E-state index in [2.05, 4.69) is 0 Å². The zero-order chi connectivity index (χ0) is 14.2. The molecular formula is C16H14ClNOS. The van der Waals surface area contributed by atoms with Crippen molar-refractivity contribution in [2.24, 2.45) is 5.92 Å². The Morgan fingerprint density at radius 2 is 2.00 bits per heavy atom. The van der Waals surface area contributed by atoms with Crippen molar-refractivity contribution in [1.82, 2.24) is 4.90 Å². The minimum absolute atomic E-state index is 0.0653. The second kappa shape index (κ2) is 5.08. The molecule has 2 atom stereocenters. The number of alkyl halides is 1. The minimum Gasteiger partial charge on any atom is -0.290 e. The maximum Gasteiger partial charge on any atom is 0.259 e. The maximum atomic E-state index is 12.7. The molecule has 2 unspecified atom stereocenters. The molecule has 1 aromatic heterocycles. The highest BCUT2D eigenvalue weighted by molar-refractivity contribution is 7.10. The van der Waals surface area contributed by atoms with Gasteiger partial charge in [0.1, 0.15) is 0 Å². The first-order valence-corrected chi connectivity index (χ1v) is 7.69. The van der Waals surface area contributed by atoms with E-state index in [9.17, 15) is 4.79 Å². The summed E-state index contributed by atoms with van der Waals surface area (Å²) in [6.07, 6.45) is 3.78. The Labute approximate surface area is 127 Å². The van der Waals surface area contributed by atoms with Crippen LogP contribution in [0.3, 0.4) is 0 Å². The number of hydrogen-bond donors (Lipinski definition) is 0. The molecule has 1 aromatic carbocycles. The third kappa shape index (κ3) is 1.98. The number of benzene rings is 1. The molecule has 2 aromatic rings. The molecule has 1 aliphatic heterocycles. The zero-order valence-electron chi connectivity index (χ0n) is 11.0. The molecule has 1 amide bonds. The van der Waals surface area contributed by atoms with Gasteiger partial charge in [-0.3, -0.25) is 9.69 Å². The number of nitrogens with zero attached hydrogens (tertiary/aromatic N) is 1. The standard InChI is InChI=1S/C16H14ClNOS/c1-12-9-10-18(15(19)13-6-3-2-4-7-13)16(12,17)14-8-5-11-20-14/h2-12H,1H3. The highest BCUT2D eigenvalue weighted by Gasteiger charge is 2.47. The molecular weight excluding hydrogens is 290 g/mol. The molecule has 0 bridgehead atoms. The number of halogens is 1. The summed E-state index contributed by atoms with van der Waals surface area (Å²) in [7, 11) is 0. The van der Waals surface area contributed by atoms with Gasteiger partial charge < -0.3 is 0 Å². The molecule has 102 valence electrons. The summed E-state index contributed by atoms with van der Waals surface area (Å²) in [5, 5.41) is 1.98. The van der Waals surface area contributed by atoms with Crippen molar-refractivity contribution < 1.29 is 4.79 Å². The van der Waals surface area contributed by atoms with E-state index in [-0.39, 0.29) is 11.8 Å². The van der Waals surface area contributed by atoms with Gasteiger partial charge in [0.2, 0.25) is 0 Å². The Morgan fingerprint density at radius 1 is 1.25 bits per heavy atom. The van der Waals surface area contributed by atoms with Crippen molar-refractivity contribution >= 4 is 28.8 Å². The highest BCUT2D eigenvalue weighted by atomic mass is 35.5. The normalized spacial score (nSPS) is 25.1. The predicted molar refractivity (Wildman–Crippen MR) is 82.8 cm³/mol. The molecule has 2 nitrogen and oxygen atoms in total. The Balaban J connectivity index is 2.01. The topological polar surface area (TPSA) is 20.3 Å². The van der Waals surface area contributed by atoms with Crippen LogP contribution in [-0.4, -0.2) is 10.8 Å². The first kappa shape index (κ1) is 13.4. The van der Waals surface area contributed by atoms with E-state index >= 15 is 0 Å². The summed E-state index contributed by atoms with van der Waals surface area (Å²) in [6.45, 7) is 2.03. The van der Waals surface area contributed by atoms with Crippen molar-refractivity contribution in [3.8, 4) is 0 Å². The SMILES string of the molecule is CC1C=CN(C(=O)c2ccccc2)C1(Cl)c1cccs1. The van der Waals surface area contributed by atoms with Crippen LogP contribution in [0.25, 0.3) is 0 Å². The summed E-state index contributed by atoms with van der Waals surface area (Å²) >= 11 is 8.42. The van der Waals surface area contributed by atoms with Crippen molar-refractivity contribution in [2.75, 3.05) is 0 Å². The molecule has 0 spiro atoms. The van der Waals surface area contributed by atoms with Crippen LogP contribution in [0.1, 0.15) is 22.2 Å². The second-order valence-corrected chi connectivity index (χ2v) is 6.35. The van der Waals surface area contributed by atoms with Gasteiger partial charge in [-0.05, 0) is 23.6 Å². The van der Waals surface area contributed by atoms with Crippen LogP contribution in [0.15, 0.2) is 60.1 Å². The predicted octanol–water partition coefficient (Wildman–Crippen LogP) is 4.45. The third-order valence-corrected chi connectivity index (χ3v) is 5.42. The van der Waals surface area contributed by atoms with Gasteiger partial charge in [0, 0.05) is 22.6 Å². The summed E-state index contributed by atoms with van der Waals surface area (Å²) in [5.41, 5.74) is 0.646. The van der Waals surface area contributed by atoms with Gasteiger partial charge in [-0.25, -0.2) is 0 Å². The summed E-state index contributed by atoms with van der Waals surface area (Å²) in [6, 6.07) is 13.2. The Hall–Kier alpha value is -1.58. The summed E-state index contributed by atoms with van der Waals surface area (Å²) in [5.74, 6) is -0.00919. The Kier molecular flexibility index (Phi) is 3.40. The van der Waals surface area contributed by atoms with Crippen LogP contribution in [-0.2, 0) is 5.00 Å². The van der Waals surface area contributed by atoms with E-state index in [0.717, 1.165) is 4.88 Å². The molecule has 0 aliphatic carbocycles. The zero-order valence-corrected chi connectivity index (χ0v) is 12.6. The van der Waals surface area contributed by atoms with Crippen molar-refractivity contribution in [3.05, 3.63) is 70.6 Å². The van der Waals surface area contributed by atoms with Crippen LogP contribution in [0.4, 0.5) is 0 Å². The van der Waals surface area contributed by atoms with Gasteiger partial charge in [0.05, 0.1) is 0 Å². The lowest BCUT2D eigenvalue weighted by Gasteiger charge is -2.35. The Morgan fingerprint density at radius 3 is 2.65 bits per heavy atom. The van der Waals surface area contributed by atoms with Gasteiger partial charge in [-0.15, -0.1) is 11.3 Å². The van der Waals surface area contributed by atoms with E-state index in [4.69, 9.17) is 11.6 Å². The highest BCUT2D eigenvalue weighted by Crippen LogP contribution is 2.47. The molecule has 0 fully saturated rings. The van der Waals surface area contributed by atoms with Crippen LogP contribution >= 0.6 is 22.9 Å². The molecule has 2 heterocycles. The van der Waals surface area contributed by atoms with E-state index < -0.39 is 5.00 Å². The molecule has 1 aliphatic rings. The average Bonchev–Trinajstić information content (AvgIpc) is 3.10. The summed E-state index contributed by atoms with van der Waals surface area (Å²) < 4.78 is 0. The summed E-state index contributed by atoms with van der Waals surface area (Å²) in [4.78, 5) is 14.5. The van der Waals surface area contributed by atoms with E-state index in [1.54, 1.807) is 22.4 Å². The Bertz CT molecular complexity index is 638. The monoisotopic (exact) mass is 303 g/mol. The number of thiophene rings is 1. The van der Waals surface area contributed by atoms with Crippen LogP contribution in [0.5, 0.6) is 0 Å². The molecule has 0 saturated heterocycles. The third-order valence-electron chi connectivity index (χ3n) is 3.58. The fourth-order valence-corrected chi connectivity index (χ4v) is 3.74. The number of hydrogen-bond acceptors (Lipinski definition) is 2. The van der Waals surface area contributed by atoms with E-state index in [1.165, 1.54) is 0 Å². The first-order chi connectivity index (χ1) is 9.64. The van der Waals surface area contributed by atoms with Crippen molar-refractivity contribution in [1.29, 1.82) is 0 Å².